The Balaban J connectivity index is 2.48. The molecule has 18 heavy (non-hydrogen) atoms. The van der Waals surface area contributed by atoms with Gasteiger partial charge >= 0.3 is 0 Å². The molecule has 5 heteroatoms. The third-order valence-corrected chi connectivity index (χ3v) is 2.98. The highest BCUT2D eigenvalue weighted by Gasteiger charge is 2.06. The molecule has 2 N–H and O–H groups in total. The van der Waals surface area contributed by atoms with Crippen molar-refractivity contribution in [3.05, 3.63) is 28.2 Å². The van der Waals surface area contributed by atoms with Crippen LogP contribution >= 0.6 is 15.9 Å². The maximum absolute atomic E-state index is 11.7. The van der Waals surface area contributed by atoms with Gasteiger partial charge in [-0.2, -0.15) is 0 Å². The van der Waals surface area contributed by atoms with E-state index in [9.17, 15) is 4.79 Å². The molecule has 0 aliphatic rings. The van der Waals surface area contributed by atoms with Crippen molar-refractivity contribution in [3.63, 3.8) is 0 Å². The van der Waals surface area contributed by atoms with Crippen LogP contribution in [0, 0.1) is 0 Å². The number of carbonyl (C=O) groups excluding carboxylic acids is 1. The fourth-order valence-electron chi connectivity index (χ4n) is 1.55. The molecule has 100 valence electrons. The van der Waals surface area contributed by atoms with E-state index < -0.39 is 0 Å². The van der Waals surface area contributed by atoms with Crippen molar-refractivity contribution in [2.45, 2.75) is 13.3 Å². The molecule has 0 atom stereocenters. The van der Waals surface area contributed by atoms with E-state index >= 15 is 0 Å². The molecule has 0 spiro atoms. The lowest BCUT2D eigenvalue weighted by Crippen LogP contribution is -2.30. The summed E-state index contributed by atoms with van der Waals surface area (Å²) in [5.74, 6) is -0.0388. The monoisotopic (exact) mass is 314 g/mol. The average Bonchev–Trinajstić information content (AvgIpc) is 2.37. The van der Waals surface area contributed by atoms with Crippen LogP contribution in [-0.4, -0.2) is 32.7 Å². The Bertz CT molecular complexity index is 397. The van der Waals surface area contributed by atoms with Crippen molar-refractivity contribution in [1.82, 2.24) is 5.32 Å². The summed E-state index contributed by atoms with van der Waals surface area (Å²) in [5.41, 5.74) is 1.99. The number of carbonyl (C=O) groups is 1. The zero-order chi connectivity index (χ0) is 13.4. The van der Waals surface area contributed by atoms with Gasteiger partial charge in [0.05, 0.1) is 13.2 Å². The zero-order valence-electron chi connectivity index (χ0n) is 10.8. The van der Waals surface area contributed by atoms with Gasteiger partial charge < -0.3 is 15.4 Å². The van der Waals surface area contributed by atoms with E-state index in [1.165, 1.54) is 0 Å². The Morgan fingerprint density at radius 2 is 2.22 bits per heavy atom. The summed E-state index contributed by atoms with van der Waals surface area (Å²) < 4.78 is 5.92. The Labute approximate surface area is 116 Å². The van der Waals surface area contributed by atoms with E-state index in [0.717, 1.165) is 22.1 Å². The number of aryl methyl sites for hydroxylation is 1. The summed E-state index contributed by atoms with van der Waals surface area (Å²) >= 11 is 3.42. The van der Waals surface area contributed by atoms with Crippen LogP contribution in [0.4, 0.5) is 5.69 Å². The van der Waals surface area contributed by atoms with Gasteiger partial charge in [0, 0.05) is 23.8 Å². The zero-order valence-corrected chi connectivity index (χ0v) is 12.3. The first kappa shape index (κ1) is 15.1. The molecule has 0 saturated heterocycles. The molecule has 0 aromatic heterocycles. The number of anilines is 1. The summed E-state index contributed by atoms with van der Waals surface area (Å²) in [6.45, 7) is 3.63. The Morgan fingerprint density at radius 3 is 2.89 bits per heavy atom. The number of rotatable bonds is 7. The summed E-state index contributed by atoms with van der Waals surface area (Å²) in [4.78, 5) is 11.7. The first-order chi connectivity index (χ1) is 8.67. The molecule has 0 radical (unpaired) electrons. The van der Waals surface area contributed by atoms with E-state index in [2.05, 4.69) is 33.5 Å². The second-order valence-electron chi connectivity index (χ2n) is 3.87. The number of halogens is 1. The lowest BCUT2D eigenvalue weighted by atomic mass is 10.1. The second-order valence-corrected chi connectivity index (χ2v) is 4.79. The average molecular weight is 315 g/mol. The van der Waals surface area contributed by atoms with Crippen LogP contribution in [0.3, 0.4) is 0 Å². The molecular formula is C13H19BrN2O2. The van der Waals surface area contributed by atoms with Gasteiger partial charge in [-0.25, -0.2) is 0 Å². The third kappa shape index (κ3) is 5.16. The lowest BCUT2D eigenvalue weighted by Gasteiger charge is -2.10. The topological polar surface area (TPSA) is 50.4 Å². The molecular weight excluding hydrogens is 296 g/mol. The van der Waals surface area contributed by atoms with Crippen LogP contribution in [0.5, 0.6) is 0 Å². The Hall–Kier alpha value is -0.910. The largest absolute Gasteiger partial charge is 0.383 e. The summed E-state index contributed by atoms with van der Waals surface area (Å²) in [6, 6.07) is 5.86. The first-order valence-electron chi connectivity index (χ1n) is 5.95. The van der Waals surface area contributed by atoms with Crippen molar-refractivity contribution in [3.8, 4) is 0 Å². The third-order valence-electron chi connectivity index (χ3n) is 2.49. The molecule has 0 fully saturated rings. The number of hydrogen-bond donors (Lipinski definition) is 2. The minimum absolute atomic E-state index is 0.0388. The van der Waals surface area contributed by atoms with Gasteiger partial charge in [-0.1, -0.05) is 22.9 Å². The Kier molecular flexibility index (Phi) is 6.93. The predicted molar refractivity (Wildman–Crippen MR) is 76.9 cm³/mol. The summed E-state index contributed by atoms with van der Waals surface area (Å²) in [6.07, 6.45) is 0.881. The maximum atomic E-state index is 11.7. The van der Waals surface area contributed by atoms with Crippen LogP contribution in [0.2, 0.25) is 0 Å². The standard InChI is InChI=1S/C13H19BrN2O2/c1-3-10-8-11(14)4-5-12(10)16-13(17)9-15-6-7-18-2/h4-5,8,15H,3,6-7,9H2,1-2H3,(H,16,17). The molecule has 1 amide bonds. The smallest absolute Gasteiger partial charge is 0.238 e. The summed E-state index contributed by atoms with van der Waals surface area (Å²) in [7, 11) is 1.64. The normalized spacial score (nSPS) is 10.4. The van der Waals surface area contributed by atoms with Gasteiger partial charge in [-0.15, -0.1) is 0 Å². The van der Waals surface area contributed by atoms with Gasteiger partial charge in [0.1, 0.15) is 0 Å². The number of ether oxygens (including phenoxy) is 1. The van der Waals surface area contributed by atoms with Crippen molar-refractivity contribution in [1.29, 1.82) is 0 Å². The molecule has 1 aromatic carbocycles. The number of amides is 1. The van der Waals surface area contributed by atoms with Crippen molar-refractivity contribution in [2.24, 2.45) is 0 Å². The van der Waals surface area contributed by atoms with E-state index in [-0.39, 0.29) is 5.91 Å². The van der Waals surface area contributed by atoms with Gasteiger partial charge in [0.2, 0.25) is 5.91 Å². The van der Waals surface area contributed by atoms with E-state index in [0.29, 0.717) is 19.7 Å². The minimum Gasteiger partial charge on any atom is -0.383 e. The van der Waals surface area contributed by atoms with Crippen molar-refractivity contribution in [2.75, 3.05) is 32.1 Å². The van der Waals surface area contributed by atoms with E-state index in [1.807, 2.05) is 18.2 Å². The van der Waals surface area contributed by atoms with Crippen molar-refractivity contribution >= 4 is 27.5 Å². The molecule has 0 bridgehead atoms. The number of nitrogens with one attached hydrogen (secondary N) is 2. The van der Waals surface area contributed by atoms with Gasteiger partial charge in [-0.05, 0) is 30.2 Å². The van der Waals surface area contributed by atoms with Gasteiger partial charge in [0.15, 0.2) is 0 Å². The molecule has 0 aliphatic heterocycles. The predicted octanol–water partition coefficient (Wildman–Crippen LogP) is 2.19. The molecule has 0 saturated carbocycles. The fourth-order valence-corrected chi connectivity index (χ4v) is 1.96. The lowest BCUT2D eigenvalue weighted by molar-refractivity contribution is -0.115. The van der Waals surface area contributed by atoms with Crippen molar-refractivity contribution < 1.29 is 9.53 Å². The molecule has 0 aliphatic carbocycles. The molecule has 0 heterocycles. The van der Waals surface area contributed by atoms with Crippen LogP contribution in [0.25, 0.3) is 0 Å². The van der Waals surface area contributed by atoms with Crippen LogP contribution in [0.15, 0.2) is 22.7 Å². The Morgan fingerprint density at radius 1 is 1.44 bits per heavy atom. The van der Waals surface area contributed by atoms with E-state index in [1.54, 1.807) is 7.11 Å². The van der Waals surface area contributed by atoms with Crippen LogP contribution < -0.4 is 10.6 Å². The van der Waals surface area contributed by atoms with Crippen LogP contribution in [0.1, 0.15) is 12.5 Å². The number of methoxy groups -OCH3 is 1. The first-order valence-corrected chi connectivity index (χ1v) is 6.74. The maximum Gasteiger partial charge on any atom is 0.238 e. The number of hydrogen-bond acceptors (Lipinski definition) is 3. The van der Waals surface area contributed by atoms with Gasteiger partial charge in [0.25, 0.3) is 0 Å². The highest BCUT2D eigenvalue weighted by molar-refractivity contribution is 9.10. The quantitative estimate of drug-likeness (QED) is 0.758. The molecule has 0 unspecified atom stereocenters. The van der Waals surface area contributed by atoms with Gasteiger partial charge in [-0.3, -0.25) is 4.79 Å². The molecule has 1 rings (SSSR count). The number of benzene rings is 1. The molecule has 4 nitrogen and oxygen atoms in total. The van der Waals surface area contributed by atoms with Crippen LogP contribution in [-0.2, 0) is 16.0 Å². The SMILES string of the molecule is CCc1cc(Br)ccc1NC(=O)CNCCOC. The second kappa shape index (κ2) is 8.24. The summed E-state index contributed by atoms with van der Waals surface area (Å²) in [5, 5.41) is 5.91. The minimum atomic E-state index is -0.0388. The van der Waals surface area contributed by atoms with E-state index in [4.69, 9.17) is 4.74 Å². The highest BCUT2D eigenvalue weighted by Crippen LogP contribution is 2.21. The molecule has 1 aromatic rings. The highest BCUT2D eigenvalue weighted by atomic mass is 79.9. The fraction of sp³-hybridized carbons (Fsp3) is 0.462.